The standard InChI is InChI=1S/C20H26F2N2O3/c1-3-4-5-6-7-8-9-10-11-27-20(26)19-15-12-16(21)17(22)13-18(15)24(23-19)14(2)25/h12-13H,3-11H2,1-2H3. The van der Waals surface area contributed by atoms with E-state index in [1.807, 2.05) is 0 Å². The molecule has 2 aromatic rings. The molecule has 148 valence electrons. The number of esters is 1. The maximum Gasteiger partial charge on any atom is 0.359 e. The second kappa shape index (κ2) is 10.1. The van der Waals surface area contributed by atoms with E-state index < -0.39 is 23.5 Å². The molecule has 1 aromatic carbocycles. The highest BCUT2D eigenvalue weighted by Crippen LogP contribution is 2.23. The third-order valence-electron chi connectivity index (χ3n) is 4.44. The highest BCUT2D eigenvalue weighted by Gasteiger charge is 2.22. The molecule has 2 rings (SSSR count). The Kier molecular flexibility index (Phi) is 7.88. The molecule has 0 aliphatic rings. The summed E-state index contributed by atoms with van der Waals surface area (Å²) in [7, 11) is 0. The predicted octanol–water partition coefficient (Wildman–Crippen LogP) is 5.27. The Balaban J connectivity index is 1.92. The van der Waals surface area contributed by atoms with Gasteiger partial charge in [0.1, 0.15) is 0 Å². The lowest BCUT2D eigenvalue weighted by atomic mass is 10.1. The summed E-state index contributed by atoms with van der Waals surface area (Å²) in [5, 5.41) is 3.95. The summed E-state index contributed by atoms with van der Waals surface area (Å²) < 4.78 is 33.1. The van der Waals surface area contributed by atoms with E-state index in [1.54, 1.807) is 0 Å². The van der Waals surface area contributed by atoms with E-state index in [-0.39, 0.29) is 23.2 Å². The van der Waals surface area contributed by atoms with Gasteiger partial charge in [-0.3, -0.25) is 4.79 Å². The first-order valence-electron chi connectivity index (χ1n) is 9.51. The minimum Gasteiger partial charge on any atom is -0.461 e. The van der Waals surface area contributed by atoms with E-state index in [9.17, 15) is 18.4 Å². The van der Waals surface area contributed by atoms with Crippen molar-refractivity contribution in [1.29, 1.82) is 0 Å². The number of carbonyl (C=O) groups is 2. The number of nitrogens with zero attached hydrogens (tertiary/aromatic N) is 2. The maximum atomic E-state index is 13.6. The van der Waals surface area contributed by atoms with Crippen molar-refractivity contribution in [3.8, 4) is 0 Å². The molecule has 0 aliphatic carbocycles. The number of fused-ring (bicyclic) bond motifs is 1. The Hall–Kier alpha value is -2.31. The topological polar surface area (TPSA) is 61.2 Å². The van der Waals surface area contributed by atoms with Crippen LogP contribution < -0.4 is 0 Å². The maximum absolute atomic E-state index is 13.6. The molecule has 0 fully saturated rings. The van der Waals surface area contributed by atoms with Crippen LogP contribution in [-0.2, 0) is 4.74 Å². The molecule has 0 N–H and O–H groups in total. The summed E-state index contributed by atoms with van der Waals surface area (Å²) >= 11 is 0. The van der Waals surface area contributed by atoms with Gasteiger partial charge in [0.15, 0.2) is 17.3 Å². The van der Waals surface area contributed by atoms with E-state index in [4.69, 9.17) is 4.74 Å². The van der Waals surface area contributed by atoms with Crippen LogP contribution >= 0.6 is 0 Å². The smallest absolute Gasteiger partial charge is 0.359 e. The van der Waals surface area contributed by atoms with Gasteiger partial charge in [0.25, 0.3) is 0 Å². The number of rotatable bonds is 10. The predicted molar refractivity (Wildman–Crippen MR) is 98.8 cm³/mol. The van der Waals surface area contributed by atoms with Crippen molar-refractivity contribution >= 4 is 22.8 Å². The Bertz CT molecular complexity index is 802. The van der Waals surface area contributed by atoms with E-state index in [2.05, 4.69) is 12.0 Å². The molecule has 0 saturated heterocycles. The SMILES string of the molecule is CCCCCCCCCCOC(=O)c1nn(C(C)=O)c2cc(F)c(F)cc12. The molecule has 0 radical (unpaired) electrons. The number of ether oxygens (including phenoxy) is 1. The molecule has 0 bridgehead atoms. The molecule has 7 heteroatoms. The quantitative estimate of drug-likeness (QED) is 0.416. The van der Waals surface area contributed by atoms with Crippen LogP contribution in [0.4, 0.5) is 8.78 Å². The van der Waals surface area contributed by atoms with Crippen LogP contribution in [0.1, 0.15) is 80.5 Å². The van der Waals surface area contributed by atoms with Gasteiger partial charge in [-0.05, 0) is 12.5 Å². The van der Waals surface area contributed by atoms with Crippen molar-refractivity contribution in [3.05, 3.63) is 29.5 Å². The molecule has 27 heavy (non-hydrogen) atoms. The number of hydrogen-bond donors (Lipinski definition) is 0. The third-order valence-corrected chi connectivity index (χ3v) is 4.44. The Morgan fingerprint density at radius 3 is 2.22 bits per heavy atom. The van der Waals surface area contributed by atoms with E-state index in [0.717, 1.165) is 36.1 Å². The molecule has 1 heterocycles. The number of carbonyl (C=O) groups excluding carboxylic acids is 2. The fourth-order valence-corrected chi connectivity index (χ4v) is 2.97. The van der Waals surface area contributed by atoms with Crippen LogP contribution in [0.3, 0.4) is 0 Å². The van der Waals surface area contributed by atoms with Crippen LogP contribution in [-0.4, -0.2) is 28.3 Å². The van der Waals surface area contributed by atoms with Crippen molar-refractivity contribution < 1.29 is 23.1 Å². The van der Waals surface area contributed by atoms with Gasteiger partial charge in [0, 0.05) is 18.4 Å². The first kappa shape index (κ1) is 21.0. The lowest BCUT2D eigenvalue weighted by molar-refractivity contribution is 0.0492. The first-order valence-corrected chi connectivity index (χ1v) is 9.51. The van der Waals surface area contributed by atoms with Gasteiger partial charge in [-0.2, -0.15) is 9.78 Å². The summed E-state index contributed by atoms with van der Waals surface area (Å²) in [6, 6.07) is 1.72. The summed E-state index contributed by atoms with van der Waals surface area (Å²) in [5.41, 5.74) is -0.140. The summed E-state index contributed by atoms with van der Waals surface area (Å²) in [5.74, 6) is -3.46. The number of unbranched alkanes of at least 4 members (excludes halogenated alkanes) is 7. The lowest BCUT2D eigenvalue weighted by Crippen LogP contribution is -2.11. The van der Waals surface area contributed by atoms with Crippen molar-refractivity contribution in [1.82, 2.24) is 9.78 Å². The van der Waals surface area contributed by atoms with Gasteiger partial charge in [0.05, 0.1) is 12.1 Å². The van der Waals surface area contributed by atoms with Crippen molar-refractivity contribution in [2.75, 3.05) is 6.61 Å². The number of halogens is 2. The zero-order chi connectivity index (χ0) is 19.8. The molecular formula is C20H26F2N2O3. The first-order chi connectivity index (χ1) is 13.0. The summed E-state index contributed by atoms with van der Waals surface area (Å²) in [6.07, 6.45) is 8.93. The highest BCUT2D eigenvalue weighted by atomic mass is 19.2. The van der Waals surface area contributed by atoms with Gasteiger partial charge < -0.3 is 4.74 Å². The van der Waals surface area contributed by atoms with Crippen LogP contribution in [0.15, 0.2) is 12.1 Å². The fraction of sp³-hybridized carbons (Fsp3) is 0.550. The highest BCUT2D eigenvalue weighted by molar-refractivity contribution is 6.04. The molecule has 0 spiro atoms. The molecule has 0 amide bonds. The van der Waals surface area contributed by atoms with Gasteiger partial charge in [-0.15, -0.1) is 0 Å². The third kappa shape index (κ3) is 5.58. The van der Waals surface area contributed by atoms with E-state index >= 15 is 0 Å². The van der Waals surface area contributed by atoms with Crippen LogP contribution in [0, 0.1) is 11.6 Å². The average Bonchev–Trinajstić information content (AvgIpc) is 2.99. The summed E-state index contributed by atoms with van der Waals surface area (Å²) in [4.78, 5) is 23.9. The molecule has 5 nitrogen and oxygen atoms in total. The second-order valence-corrected chi connectivity index (χ2v) is 6.67. The number of hydrogen-bond acceptors (Lipinski definition) is 4. The van der Waals surface area contributed by atoms with Crippen molar-refractivity contribution in [2.24, 2.45) is 0 Å². The van der Waals surface area contributed by atoms with Gasteiger partial charge in [-0.1, -0.05) is 51.9 Å². The van der Waals surface area contributed by atoms with Crippen LogP contribution in [0.5, 0.6) is 0 Å². The number of benzene rings is 1. The Labute approximate surface area is 157 Å². The molecule has 0 aliphatic heterocycles. The molecular weight excluding hydrogens is 354 g/mol. The van der Waals surface area contributed by atoms with E-state index in [0.29, 0.717) is 0 Å². The Morgan fingerprint density at radius 1 is 1.00 bits per heavy atom. The normalized spacial score (nSPS) is 11.1. The number of aromatic nitrogens is 2. The largest absolute Gasteiger partial charge is 0.461 e. The van der Waals surface area contributed by atoms with Crippen LogP contribution in [0.2, 0.25) is 0 Å². The minimum atomic E-state index is -1.11. The van der Waals surface area contributed by atoms with Crippen molar-refractivity contribution in [3.63, 3.8) is 0 Å². The van der Waals surface area contributed by atoms with Gasteiger partial charge >= 0.3 is 5.97 Å². The zero-order valence-electron chi connectivity index (χ0n) is 15.9. The van der Waals surface area contributed by atoms with Crippen LogP contribution in [0.25, 0.3) is 10.9 Å². The lowest BCUT2D eigenvalue weighted by Gasteiger charge is -2.04. The zero-order valence-corrected chi connectivity index (χ0v) is 15.9. The molecule has 0 atom stereocenters. The Morgan fingerprint density at radius 2 is 1.59 bits per heavy atom. The minimum absolute atomic E-state index is 0.0421. The molecule has 0 saturated carbocycles. The van der Waals surface area contributed by atoms with Crippen molar-refractivity contribution in [2.45, 2.75) is 65.2 Å². The van der Waals surface area contributed by atoms with Gasteiger partial charge in [-0.25, -0.2) is 13.6 Å². The van der Waals surface area contributed by atoms with E-state index in [1.165, 1.54) is 39.0 Å². The fourth-order valence-electron chi connectivity index (χ4n) is 2.97. The summed E-state index contributed by atoms with van der Waals surface area (Å²) in [6.45, 7) is 3.64. The second-order valence-electron chi connectivity index (χ2n) is 6.67. The molecule has 1 aromatic heterocycles. The van der Waals surface area contributed by atoms with Gasteiger partial charge in [0.2, 0.25) is 5.91 Å². The molecule has 0 unspecified atom stereocenters. The average molecular weight is 380 g/mol. The monoisotopic (exact) mass is 380 g/mol.